The first-order valence-electron chi connectivity index (χ1n) is 7.90. The Kier molecular flexibility index (Phi) is 4.85. The van der Waals surface area contributed by atoms with Crippen LogP contribution in [-0.2, 0) is 13.0 Å². The Balaban J connectivity index is 1.77. The van der Waals surface area contributed by atoms with E-state index in [4.69, 9.17) is 0 Å². The average molecular weight is 339 g/mol. The molecule has 0 saturated heterocycles. The number of non-ortho nitro benzene ring substituents is 1. The highest BCUT2D eigenvalue weighted by Crippen LogP contribution is 2.16. The molecule has 7 heteroatoms. The van der Waals surface area contributed by atoms with E-state index in [1.807, 2.05) is 30.3 Å². The average Bonchev–Trinajstić information content (AvgIpc) is 2.63. The third kappa shape index (κ3) is 3.89. The molecule has 0 bridgehead atoms. The molecule has 2 aromatic carbocycles. The van der Waals surface area contributed by atoms with Crippen molar-refractivity contribution in [2.24, 2.45) is 0 Å². The molecule has 128 valence electrons. The Labute approximate surface area is 143 Å². The van der Waals surface area contributed by atoms with Crippen LogP contribution in [-0.4, -0.2) is 25.7 Å². The van der Waals surface area contributed by atoms with Crippen molar-refractivity contribution in [2.45, 2.75) is 25.5 Å². The number of aromatic nitrogens is 2. The molecular formula is C18H17N3O4. The smallest absolute Gasteiger partial charge is 0.270 e. The minimum absolute atomic E-state index is 0.0945. The predicted molar refractivity (Wildman–Crippen MR) is 93.4 cm³/mol. The summed E-state index contributed by atoms with van der Waals surface area (Å²) in [6.07, 6.45) is 1.85. The summed E-state index contributed by atoms with van der Waals surface area (Å²) in [5.41, 5.74) is 0.952. The molecule has 3 aromatic rings. The molecule has 1 atom stereocenters. The quantitative estimate of drug-likeness (QED) is 0.549. The number of nitrogens with zero attached hydrogens (tertiary/aromatic N) is 3. The van der Waals surface area contributed by atoms with Gasteiger partial charge in [-0.15, -0.1) is 0 Å². The predicted octanol–water partition coefficient (Wildman–Crippen LogP) is 2.30. The summed E-state index contributed by atoms with van der Waals surface area (Å²) >= 11 is 0. The fourth-order valence-corrected chi connectivity index (χ4v) is 2.69. The summed E-state index contributed by atoms with van der Waals surface area (Å²) in [4.78, 5) is 27.0. The molecule has 0 aliphatic heterocycles. The fraction of sp³-hybridized carbons (Fsp3) is 0.222. The van der Waals surface area contributed by atoms with Gasteiger partial charge in [-0.2, -0.15) is 0 Å². The standard InChI is InChI=1S/C18H17N3O4/c22-15(8-6-13-4-2-1-3-5-13)11-20-12-19-17-9-7-14(21(24)25)10-16(17)18(20)23/h1-5,7,9-10,12,15,22H,6,8,11H2/t15-/m0/s1. The minimum Gasteiger partial charge on any atom is -0.391 e. The Hall–Kier alpha value is -3.06. The van der Waals surface area contributed by atoms with E-state index in [0.717, 1.165) is 5.56 Å². The SMILES string of the molecule is O=c1c2cc([N+](=O)[O-])ccc2ncn1C[C@@H](O)CCc1ccccc1. The van der Waals surface area contributed by atoms with E-state index in [1.54, 1.807) is 0 Å². The van der Waals surface area contributed by atoms with Crippen LogP contribution < -0.4 is 5.56 Å². The molecule has 0 unspecified atom stereocenters. The largest absolute Gasteiger partial charge is 0.391 e. The molecule has 3 rings (SSSR count). The summed E-state index contributed by atoms with van der Waals surface area (Å²) in [6, 6.07) is 13.7. The maximum atomic E-state index is 12.5. The molecule has 1 N–H and O–H groups in total. The van der Waals surface area contributed by atoms with Crippen LogP contribution in [0.25, 0.3) is 10.9 Å². The Morgan fingerprint density at radius 2 is 1.96 bits per heavy atom. The number of fused-ring (bicyclic) bond motifs is 1. The van der Waals surface area contributed by atoms with E-state index in [9.17, 15) is 20.0 Å². The topological polar surface area (TPSA) is 98.3 Å². The van der Waals surface area contributed by atoms with E-state index in [-0.39, 0.29) is 17.6 Å². The lowest BCUT2D eigenvalue weighted by molar-refractivity contribution is -0.384. The second-order valence-electron chi connectivity index (χ2n) is 5.84. The van der Waals surface area contributed by atoms with Crippen LogP contribution in [0, 0.1) is 10.1 Å². The van der Waals surface area contributed by atoms with Gasteiger partial charge in [-0.25, -0.2) is 4.98 Å². The second kappa shape index (κ2) is 7.23. The summed E-state index contributed by atoms with van der Waals surface area (Å²) in [7, 11) is 0. The number of nitro groups is 1. The van der Waals surface area contributed by atoms with E-state index in [1.165, 1.54) is 29.1 Å². The zero-order valence-corrected chi connectivity index (χ0v) is 13.4. The van der Waals surface area contributed by atoms with Crippen molar-refractivity contribution in [1.82, 2.24) is 9.55 Å². The van der Waals surface area contributed by atoms with E-state index in [0.29, 0.717) is 18.4 Å². The monoisotopic (exact) mass is 339 g/mol. The maximum Gasteiger partial charge on any atom is 0.270 e. The molecule has 0 saturated carbocycles. The first-order valence-corrected chi connectivity index (χ1v) is 7.90. The van der Waals surface area contributed by atoms with Gasteiger partial charge >= 0.3 is 0 Å². The molecule has 0 amide bonds. The van der Waals surface area contributed by atoms with E-state index in [2.05, 4.69) is 4.98 Å². The number of hydrogen-bond acceptors (Lipinski definition) is 5. The summed E-state index contributed by atoms with van der Waals surface area (Å²) in [5, 5.41) is 21.3. The molecule has 0 radical (unpaired) electrons. The third-order valence-electron chi connectivity index (χ3n) is 4.03. The minimum atomic E-state index is -0.712. The number of aliphatic hydroxyl groups excluding tert-OH is 1. The van der Waals surface area contributed by atoms with Crippen LogP contribution in [0.15, 0.2) is 59.7 Å². The highest BCUT2D eigenvalue weighted by atomic mass is 16.6. The van der Waals surface area contributed by atoms with Gasteiger partial charge in [0.15, 0.2) is 0 Å². The van der Waals surface area contributed by atoms with Crippen LogP contribution in [0.1, 0.15) is 12.0 Å². The molecule has 0 aliphatic rings. The van der Waals surface area contributed by atoms with Gasteiger partial charge in [-0.05, 0) is 24.5 Å². The van der Waals surface area contributed by atoms with E-state index >= 15 is 0 Å². The molecule has 1 heterocycles. The van der Waals surface area contributed by atoms with Crippen molar-refractivity contribution >= 4 is 16.6 Å². The Morgan fingerprint density at radius 1 is 1.20 bits per heavy atom. The molecule has 0 fully saturated rings. The molecule has 0 spiro atoms. The molecule has 7 nitrogen and oxygen atoms in total. The molecule has 25 heavy (non-hydrogen) atoms. The number of nitro benzene ring substituents is 1. The highest BCUT2D eigenvalue weighted by Gasteiger charge is 2.13. The van der Waals surface area contributed by atoms with Crippen molar-refractivity contribution in [2.75, 3.05) is 0 Å². The van der Waals surface area contributed by atoms with Gasteiger partial charge < -0.3 is 5.11 Å². The lowest BCUT2D eigenvalue weighted by atomic mass is 10.1. The van der Waals surface area contributed by atoms with Gasteiger partial charge in [0, 0.05) is 12.1 Å². The first-order chi connectivity index (χ1) is 12.0. The lowest BCUT2D eigenvalue weighted by Gasteiger charge is -2.13. The zero-order chi connectivity index (χ0) is 17.8. The third-order valence-corrected chi connectivity index (χ3v) is 4.03. The van der Waals surface area contributed by atoms with Crippen LogP contribution in [0.3, 0.4) is 0 Å². The van der Waals surface area contributed by atoms with Gasteiger partial charge in [0.2, 0.25) is 0 Å². The van der Waals surface area contributed by atoms with Gasteiger partial charge in [0.05, 0.1) is 34.8 Å². The second-order valence-corrected chi connectivity index (χ2v) is 5.84. The highest BCUT2D eigenvalue weighted by molar-refractivity contribution is 5.79. The van der Waals surface area contributed by atoms with Crippen molar-refractivity contribution in [3.63, 3.8) is 0 Å². The number of hydrogen-bond donors (Lipinski definition) is 1. The van der Waals surface area contributed by atoms with Crippen molar-refractivity contribution in [3.8, 4) is 0 Å². The van der Waals surface area contributed by atoms with Gasteiger partial charge in [-0.3, -0.25) is 19.5 Å². The van der Waals surface area contributed by atoms with Crippen molar-refractivity contribution < 1.29 is 10.0 Å². The molecule has 0 aliphatic carbocycles. The van der Waals surface area contributed by atoms with Crippen molar-refractivity contribution in [3.05, 3.63) is 80.9 Å². The molecule has 1 aromatic heterocycles. The number of rotatable bonds is 6. The summed E-state index contributed by atoms with van der Waals surface area (Å²) in [6.45, 7) is 0.0945. The Morgan fingerprint density at radius 3 is 2.68 bits per heavy atom. The van der Waals surface area contributed by atoms with Crippen LogP contribution in [0.2, 0.25) is 0 Å². The number of aliphatic hydroxyl groups is 1. The fourth-order valence-electron chi connectivity index (χ4n) is 2.69. The van der Waals surface area contributed by atoms with Crippen molar-refractivity contribution in [1.29, 1.82) is 0 Å². The maximum absolute atomic E-state index is 12.5. The Bertz CT molecular complexity index is 953. The zero-order valence-electron chi connectivity index (χ0n) is 13.4. The first kappa shape index (κ1) is 16.8. The summed E-state index contributed by atoms with van der Waals surface area (Å²) in [5.74, 6) is 0. The van der Waals surface area contributed by atoms with E-state index < -0.39 is 16.6 Å². The lowest BCUT2D eigenvalue weighted by Crippen LogP contribution is -2.27. The summed E-state index contributed by atoms with van der Waals surface area (Å²) < 4.78 is 1.29. The normalized spacial score (nSPS) is 12.2. The van der Waals surface area contributed by atoms with Gasteiger partial charge in [-0.1, -0.05) is 30.3 Å². The van der Waals surface area contributed by atoms with Crippen LogP contribution in [0.4, 0.5) is 5.69 Å². The van der Waals surface area contributed by atoms with Crippen LogP contribution >= 0.6 is 0 Å². The van der Waals surface area contributed by atoms with Gasteiger partial charge in [0.25, 0.3) is 11.2 Å². The number of benzene rings is 2. The molecular weight excluding hydrogens is 322 g/mol. The van der Waals surface area contributed by atoms with Crippen LogP contribution in [0.5, 0.6) is 0 Å². The number of aryl methyl sites for hydroxylation is 1. The van der Waals surface area contributed by atoms with Gasteiger partial charge in [0.1, 0.15) is 0 Å².